The van der Waals surface area contributed by atoms with Gasteiger partial charge in [0.1, 0.15) is 5.69 Å². The summed E-state index contributed by atoms with van der Waals surface area (Å²) in [4.78, 5) is 15.0. The molecule has 0 saturated heterocycles. The molecule has 3 heterocycles. The molecule has 0 radical (unpaired) electrons. The van der Waals surface area contributed by atoms with Crippen molar-refractivity contribution < 1.29 is 13.9 Å². The van der Waals surface area contributed by atoms with E-state index in [2.05, 4.69) is 4.98 Å². The molecule has 1 N–H and O–H groups in total. The first-order valence-electron chi connectivity index (χ1n) is 6.17. The topological polar surface area (TPSA) is 60.2 Å². The number of nitrogens with one attached hydrogen (secondary N) is 1. The van der Waals surface area contributed by atoms with E-state index in [4.69, 9.17) is 9.15 Å². The van der Waals surface area contributed by atoms with Crippen molar-refractivity contribution >= 4 is 17.1 Å². The van der Waals surface area contributed by atoms with Crippen molar-refractivity contribution in [1.29, 1.82) is 0 Å². The van der Waals surface area contributed by atoms with E-state index in [0.29, 0.717) is 17.7 Å². The highest BCUT2D eigenvalue weighted by Gasteiger charge is 2.17. The van der Waals surface area contributed by atoms with Gasteiger partial charge in [-0.15, -0.1) is 0 Å². The van der Waals surface area contributed by atoms with Gasteiger partial charge in [-0.1, -0.05) is 6.92 Å². The van der Waals surface area contributed by atoms with Gasteiger partial charge in [0, 0.05) is 30.9 Å². The quantitative estimate of drug-likeness (QED) is 0.730. The highest BCUT2D eigenvalue weighted by molar-refractivity contribution is 5.93. The summed E-state index contributed by atoms with van der Waals surface area (Å²) >= 11 is 0. The van der Waals surface area contributed by atoms with Crippen LogP contribution in [0, 0.1) is 0 Å². The first-order chi connectivity index (χ1) is 9.28. The highest BCUT2D eigenvalue weighted by atomic mass is 16.6. The molecule has 1 unspecified atom stereocenters. The number of fused-ring (bicyclic) bond motifs is 1. The summed E-state index contributed by atoms with van der Waals surface area (Å²) in [6.07, 6.45) is 5.74. The van der Waals surface area contributed by atoms with E-state index in [1.54, 1.807) is 18.4 Å². The number of furan rings is 1. The van der Waals surface area contributed by atoms with Gasteiger partial charge in [-0.2, -0.15) is 0 Å². The molecule has 0 aliphatic rings. The van der Waals surface area contributed by atoms with Crippen LogP contribution in [0.2, 0.25) is 0 Å². The lowest BCUT2D eigenvalue weighted by Gasteiger charge is -2.17. The van der Waals surface area contributed by atoms with E-state index in [9.17, 15) is 4.79 Å². The number of rotatable bonds is 4. The molecule has 0 fully saturated rings. The normalized spacial score (nSPS) is 12.7. The van der Waals surface area contributed by atoms with Crippen LogP contribution in [0.15, 0.2) is 47.3 Å². The molecule has 0 aromatic carbocycles. The Bertz CT molecular complexity index is 650. The number of ether oxygens (including phenoxy) is 1. The van der Waals surface area contributed by atoms with Crippen LogP contribution in [0.4, 0.5) is 0 Å². The maximum absolute atomic E-state index is 12.1. The predicted molar refractivity (Wildman–Crippen MR) is 69.7 cm³/mol. The Hall–Kier alpha value is -2.43. The molecule has 3 aromatic rings. The maximum atomic E-state index is 12.1. The standard InChI is InChI=1S/C14H14N2O3/c1-2-13(16-6-3-4-7-16)19-14(17)11-9-12-10(15-11)5-8-18-12/h3-9,13,15H,2H2,1H3. The van der Waals surface area contributed by atoms with Gasteiger partial charge in [0.25, 0.3) is 0 Å². The van der Waals surface area contributed by atoms with Crippen molar-refractivity contribution in [1.82, 2.24) is 9.55 Å². The third-order valence-electron chi connectivity index (χ3n) is 3.01. The number of esters is 1. The van der Waals surface area contributed by atoms with Crippen molar-refractivity contribution in [2.24, 2.45) is 0 Å². The minimum atomic E-state index is -0.382. The molecular formula is C14H14N2O3. The van der Waals surface area contributed by atoms with Crippen LogP contribution in [0.1, 0.15) is 30.1 Å². The summed E-state index contributed by atoms with van der Waals surface area (Å²) in [5.41, 5.74) is 1.85. The van der Waals surface area contributed by atoms with Crippen molar-refractivity contribution in [2.45, 2.75) is 19.6 Å². The molecule has 5 nitrogen and oxygen atoms in total. The molecule has 1 atom stereocenters. The fourth-order valence-electron chi connectivity index (χ4n) is 2.04. The van der Waals surface area contributed by atoms with Crippen LogP contribution < -0.4 is 0 Å². The molecule has 3 rings (SSSR count). The monoisotopic (exact) mass is 258 g/mol. The van der Waals surface area contributed by atoms with Crippen molar-refractivity contribution in [3.8, 4) is 0 Å². The second kappa shape index (κ2) is 4.68. The number of aromatic nitrogens is 2. The van der Waals surface area contributed by atoms with E-state index in [-0.39, 0.29) is 12.2 Å². The lowest BCUT2D eigenvalue weighted by Crippen LogP contribution is -2.16. The van der Waals surface area contributed by atoms with Gasteiger partial charge in [0.15, 0.2) is 11.8 Å². The molecule has 0 aliphatic heterocycles. The summed E-state index contributed by atoms with van der Waals surface area (Å²) in [6, 6.07) is 7.23. The number of H-pyrrole nitrogens is 1. The third kappa shape index (κ3) is 2.14. The summed E-state index contributed by atoms with van der Waals surface area (Å²) in [5.74, 6) is -0.382. The first kappa shape index (κ1) is 11.6. The molecule has 0 amide bonds. The van der Waals surface area contributed by atoms with Crippen LogP contribution in [-0.2, 0) is 4.74 Å². The number of aromatic amines is 1. The highest BCUT2D eigenvalue weighted by Crippen LogP contribution is 2.20. The van der Waals surface area contributed by atoms with E-state index >= 15 is 0 Å². The molecule has 0 saturated carbocycles. The van der Waals surface area contributed by atoms with Gasteiger partial charge in [-0.25, -0.2) is 4.79 Å². The van der Waals surface area contributed by atoms with Crippen LogP contribution in [0.5, 0.6) is 0 Å². The molecule has 0 aliphatic carbocycles. The first-order valence-corrected chi connectivity index (χ1v) is 6.17. The van der Waals surface area contributed by atoms with Gasteiger partial charge in [-0.3, -0.25) is 0 Å². The van der Waals surface area contributed by atoms with Crippen molar-refractivity contribution in [3.05, 3.63) is 48.6 Å². The van der Waals surface area contributed by atoms with Gasteiger partial charge >= 0.3 is 5.97 Å². The Morgan fingerprint density at radius 3 is 2.95 bits per heavy atom. The Morgan fingerprint density at radius 2 is 2.26 bits per heavy atom. The predicted octanol–water partition coefficient (Wildman–Crippen LogP) is 3.33. The smallest absolute Gasteiger partial charge is 0.356 e. The number of hydrogen-bond donors (Lipinski definition) is 1. The van der Waals surface area contributed by atoms with Gasteiger partial charge in [0.05, 0.1) is 11.8 Å². The summed E-state index contributed by atoms with van der Waals surface area (Å²) in [7, 11) is 0. The number of nitrogens with zero attached hydrogens (tertiary/aromatic N) is 1. The molecule has 98 valence electrons. The minimum absolute atomic E-state index is 0.294. The van der Waals surface area contributed by atoms with Crippen LogP contribution in [-0.4, -0.2) is 15.5 Å². The molecule has 3 aromatic heterocycles. The second-order valence-corrected chi connectivity index (χ2v) is 4.28. The maximum Gasteiger partial charge on any atom is 0.356 e. The zero-order valence-electron chi connectivity index (χ0n) is 10.5. The Kier molecular flexibility index (Phi) is 2.87. The van der Waals surface area contributed by atoms with E-state index in [1.165, 1.54) is 0 Å². The summed E-state index contributed by atoms with van der Waals surface area (Å²) in [6.45, 7) is 1.97. The zero-order valence-corrected chi connectivity index (χ0v) is 10.5. The van der Waals surface area contributed by atoms with Crippen LogP contribution in [0.25, 0.3) is 11.1 Å². The average Bonchev–Trinajstić information content (AvgIpc) is 3.09. The van der Waals surface area contributed by atoms with Crippen LogP contribution in [0.3, 0.4) is 0 Å². The number of hydrogen-bond acceptors (Lipinski definition) is 3. The van der Waals surface area contributed by atoms with Crippen molar-refractivity contribution in [3.63, 3.8) is 0 Å². The Balaban J connectivity index is 1.78. The SMILES string of the molecule is CCC(OC(=O)c1cc2occc2[nH]1)n1cccc1. The van der Waals surface area contributed by atoms with Gasteiger partial charge in [-0.05, 0) is 12.1 Å². The lowest BCUT2D eigenvalue weighted by molar-refractivity contribution is 0.00740. The number of carbonyl (C=O) groups is 1. The van der Waals surface area contributed by atoms with Crippen molar-refractivity contribution in [2.75, 3.05) is 0 Å². The van der Waals surface area contributed by atoms with E-state index < -0.39 is 0 Å². The van der Waals surface area contributed by atoms with E-state index in [1.807, 2.05) is 36.0 Å². The number of carbonyl (C=O) groups excluding carboxylic acids is 1. The largest absolute Gasteiger partial charge is 0.463 e. The van der Waals surface area contributed by atoms with Gasteiger partial charge in [0.2, 0.25) is 0 Å². The Labute approximate surface area is 109 Å². The zero-order chi connectivity index (χ0) is 13.2. The Morgan fingerprint density at radius 1 is 1.47 bits per heavy atom. The lowest BCUT2D eigenvalue weighted by atomic mass is 10.4. The molecule has 19 heavy (non-hydrogen) atoms. The summed E-state index contributed by atoms with van der Waals surface area (Å²) < 4.78 is 12.6. The molecule has 0 spiro atoms. The van der Waals surface area contributed by atoms with E-state index in [0.717, 1.165) is 5.52 Å². The molecule has 0 bridgehead atoms. The summed E-state index contributed by atoms with van der Waals surface area (Å²) in [5, 5.41) is 0. The average molecular weight is 258 g/mol. The molecular weight excluding hydrogens is 244 g/mol. The fraction of sp³-hybridized carbons (Fsp3) is 0.214. The third-order valence-corrected chi connectivity index (χ3v) is 3.01. The molecule has 5 heteroatoms. The van der Waals surface area contributed by atoms with Gasteiger partial charge < -0.3 is 18.7 Å². The van der Waals surface area contributed by atoms with Crippen LogP contribution >= 0.6 is 0 Å². The fourth-order valence-corrected chi connectivity index (χ4v) is 2.04. The minimum Gasteiger partial charge on any atom is -0.463 e. The second-order valence-electron chi connectivity index (χ2n) is 4.28.